The number of nitrogens with two attached hydrogens (primary N) is 1. The summed E-state index contributed by atoms with van der Waals surface area (Å²) in [5, 5.41) is 8.00. The first-order valence-corrected chi connectivity index (χ1v) is 12.1. The molecule has 0 radical (unpaired) electrons. The Labute approximate surface area is 183 Å². The third kappa shape index (κ3) is 6.90. The Morgan fingerprint density at radius 2 is 1.65 bits per heavy atom. The molecule has 1 aliphatic rings. The number of carbonyl (C=O) groups excluding carboxylic acids is 2. The molecule has 0 bridgehead atoms. The Balaban J connectivity index is 1.33. The number of amides is 2. The highest BCUT2D eigenvalue weighted by Gasteiger charge is 2.23. The van der Waals surface area contributed by atoms with Crippen molar-refractivity contribution < 1.29 is 18.0 Å². The summed E-state index contributed by atoms with van der Waals surface area (Å²) in [5.41, 5.74) is 1.66. The van der Waals surface area contributed by atoms with E-state index in [1.165, 1.54) is 12.1 Å². The number of carbonyl (C=O) groups is 2. The lowest BCUT2D eigenvalue weighted by molar-refractivity contribution is -0.121. The highest BCUT2D eigenvalue weighted by molar-refractivity contribution is 7.89. The summed E-state index contributed by atoms with van der Waals surface area (Å²) in [5.74, 6) is 0.550. The predicted molar refractivity (Wildman–Crippen MR) is 119 cm³/mol. The van der Waals surface area contributed by atoms with Gasteiger partial charge in [-0.1, -0.05) is 30.3 Å². The van der Waals surface area contributed by atoms with Crippen LogP contribution in [0.2, 0.25) is 0 Å². The van der Waals surface area contributed by atoms with Crippen LogP contribution >= 0.6 is 0 Å². The van der Waals surface area contributed by atoms with E-state index in [2.05, 4.69) is 5.32 Å². The fourth-order valence-corrected chi connectivity index (χ4v) is 4.32. The van der Waals surface area contributed by atoms with Gasteiger partial charge in [0.15, 0.2) is 0 Å². The van der Waals surface area contributed by atoms with Crippen molar-refractivity contribution >= 4 is 21.8 Å². The number of nitrogens with zero attached hydrogens (tertiary/aromatic N) is 1. The zero-order chi connectivity index (χ0) is 22.3. The summed E-state index contributed by atoms with van der Waals surface area (Å²) < 4.78 is 22.5. The van der Waals surface area contributed by atoms with Gasteiger partial charge in [-0.2, -0.15) is 0 Å². The monoisotopic (exact) mass is 443 g/mol. The number of primary sulfonamides is 1. The van der Waals surface area contributed by atoms with Crippen LogP contribution in [0.4, 0.5) is 0 Å². The Morgan fingerprint density at radius 3 is 2.26 bits per heavy atom. The van der Waals surface area contributed by atoms with Crippen LogP contribution in [0.5, 0.6) is 0 Å². The molecule has 0 unspecified atom stereocenters. The van der Waals surface area contributed by atoms with Gasteiger partial charge >= 0.3 is 0 Å². The van der Waals surface area contributed by atoms with Crippen molar-refractivity contribution in [1.29, 1.82) is 0 Å². The van der Waals surface area contributed by atoms with Crippen molar-refractivity contribution in [3.8, 4) is 0 Å². The van der Waals surface area contributed by atoms with E-state index >= 15 is 0 Å². The Bertz CT molecular complexity index is 983. The summed E-state index contributed by atoms with van der Waals surface area (Å²) >= 11 is 0. The van der Waals surface area contributed by atoms with Gasteiger partial charge < -0.3 is 10.2 Å². The SMILES string of the molecule is NS(=O)(=O)c1ccc(CCNC(=O)CCC2CCN(C(=O)c3ccccc3)CC2)cc1. The molecule has 31 heavy (non-hydrogen) atoms. The smallest absolute Gasteiger partial charge is 0.253 e. The summed E-state index contributed by atoms with van der Waals surface area (Å²) in [6.07, 6.45) is 3.76. The lowest BCUT2D eigenvalue weighted by Crippen LogP contribution is -2.38. The lowest BCUT2D eigenvalue weighted by Gasteiger charge is -2.32. The van der Waals surface area contributed by atoms with Gasteiger partial charge in [0.2, 0.25) is 15.9 Å². The normalized spacial score (nSPS) is 14.9. The van der Waals surface area contributed by atoms with Gasteiger partial charge in [-0.05, 0) is 61.4 Å². The van der Waals surface area contributed by atoms with Crippen LogP contribution in [0.25, 0.3) is 0 Å². The minimum absolute atomic E-state index is 0.0175. The molecule has 1 saturated heterocycles. The molecule has 3 rings (SSSR count). The van der Waals surface area contributed by atoms with Gasteiger partial charge in [-0.15, -0.1) is 0 Å². The number of rotatable bonds is 8. The average Bonchev–Trinajstić information content (AvgIpc) is 2.78. The Morgan fingerprint density at radius 1 is 1.00 bits per heavy atom. The standard InChI is InChI=1S/C23H29N3O4S/c24-31(29,30)21-9-6-18(7-10-21)12-15-25-22(27)11-8-19-13-16-26(17-14-19)23(28)20-4-2-1-3-5-20/h1-7,9-10,19H,8,11-17H2,(H,25,27)(H2,24,29,30). The van der Waals surface area contributed by atoms with Crippen LogP contribution in [0.3, 0.4) is 0 Å². The zero-order valence-electron chi connectivity index (χ0n) is 17.5. The van der Waals surface area contributed by atoms with Crippen molar-refractivity contribution in [2.24, 2.45) is 11.1 Å². The minimum Gasteiger partial charge on any atom is -0.356 e. The van der Waals surface area contributed by atoms with Crippen LogP contribution in [-0.4, -0.2) is 44.8 Å². The summed E-state index contributed by atoms with van der Waals surface area (Å²) in [6.45, 7) is 1.96. The largest absolute Gasteiger partial charge is 0.356 e. The van der Waals surface area contributed by atoms with E-state index in [1.807, 2.05) is 35.2 Å². The summed E-state index contributed by atoms with van der Waals surface area (Å²) in [7, 11) is -3.69. The topological polar surface area (TPSA) is 110 Å². The molecule has 1 aliphatic heterocycles. The molecule has 0 aromatic heterocycles. The molecule has 2 aromatic rings. The van der Waals surface area contributed by atoms with Gasteiger partial charge in [0.25, 0.3) is 5.91 Å². The second kappa shape index (κ2) is 10.5. The van der Waals surface area contributed by atoms with Crippen LogP contribution in [-0.2, 0) is 21.2 Å². The first-order chi connectivity index (χ1) is 14.8. The van der Waals surface area contributed by atoms with Crippen molar-refractivity contribution in [2.45, 2.75) is 37.0 Å². The fraction of sp³-hybridized carbons (Fsp3) is 0.391. The maximum absolute atomic E-state index is 12.5. The van der Waals surface area contributed by atoms with Gasteiger partial charge in [0.1, 0.15) is 0 Å². The van der Waals surface area contributed by atoms with Crippen LogP contribution in [0, 0.1) is 5.92 Å². The van der Waals surface area contributed by atoms with E-state index in [0.29, 0.717) is 25.3 Å². The van der Waals surface area contributed by atoms with E-state index in [4.69, 9.17) is 5.14 Å². The molecule has 2 amide bonds. The van der Waals surface area contributed by atoms with Crippen molar-refractivity contribution in [3.63, 3.8) is 0 Å². The highest BCUT2D eigenvalue weighted by atomic mass is 32.2. The van der Waals surface area contributed by atoms with Crippen LogP contribution in [0.15, 0.2) is 59.5 Å². The number of hydrogen-bond acceptors (Lipinski definition) is 4. The van der Waals surface area contributed by atoms with E-state index in [1.54, 1.807) is 12.1 Å². The van der Waals surface area contributed by atoms with E-state index in [0.717, 1.165) is 43.5 Å². The number of sulfonamides is 1. The molecule has 1 fully saturated rings. The maximum Gasteiger partial charge on any atom is 0.253 e. The molecule has 0 atom stereocenters. The summed E-state index contributed by atoms with van der Waals surface area (Å²) in [4.78, 5) is 26.6. The van der Waals surface area contributed by atoms with Gasteiger partial charge in [-0.3, -0.25) is 9.59 Å². The lowest BCUT2D eigenvalue weighted by atomic mass is 9.91. The molecule has 0 spiro atoms. The molecule has 0 aliphatic carbocycles. The molecule has 166 valence electrons. The number of nitrogens with one attached hydrogen (secondary N) is 1. The maximum atomic E-state index is 12.5. The first-order valence-electron chi connectivity index (χ1n) is 10.6. The average molecular weight is 444 g/mol. The number of piperidine rings is 1. The number of benzene rings is 2. The molecule has 7 nitrogen and oxygen atoms in total. The van der Waals surface area contributed by atoms with Crippen LogP contribution in [0.1, 0.15) is 41.6 Å². The highest BCUT2D eigenvalue weighted by Crippen LogP contribution is 2.23. The molecule has 8 heteroatoms. The first kappa shape index (κ1) is 23.0. The predicted octanol–water partition coefficient (Wildman–Crippen LogP) is 2.33. The minimum atomic E-state index is -3.69. The van der Waals surface area contributed by atoms with Gasteiger partial charge in [0.05, 0.1) is 4.90 Å². The molecule has 3 N–H and O–H groups in total. The molecule has 1 heterocycles. The van der Waals surface area contributed by atoms with E-state index in [9.17, 15) is 18.0 Å². The second-order valence-electron chi connectivity index (χ2n) is 7.93. The second-order valence-corrected chi connectivity index (χ2v) is 9.49. The third-order valence-electron chi connectivity index (χ3n) is 5.69. The fourth-order valence-electron chi connectivity index (χ4n) is 3.80. The van der Waals surface area contributed by atoms with Crippen molar-refractivity contribution in [1.82, 2.24) is 10.2 Å². The molecule has 0 saturated carbocycles. The van der Waals surface area contributed by atoms with E-state index < -0.39 is 10.0 Å². The van der Waals surface area contributed by atoms with E-state index in [-0.39, 0.29) is 16.7 Å². The van der Waals surface area contributed by atoms with Gasteiger partial charge in [0, 0.05) is 31.6 Å². The molecule has 2 aromatic carbocycles. The molecular weight excluding hydrogens is 414 g/mol. The quantitative estimate of drug-likeness (QED) is 0.652. The zero-order valence-corrected chi connectivity index (χ0v) is 18.3. The number of likely N-dealkylation sites (tertiary alicyclic amines) is 1. The Kier molecular flexibility index (Phi) is 7.81. The van der Waals surface area contributed by atoms with Crippen LogP contribution < -0.4 is 10.5 Å². The summed E-state index contributed by atoms with van der Waals surface area (Å²) in [6, 6.07) is 15.7. The van der Waals surface area contributed by atoms with Crippen molar-refractivity contribution in [3.05, 3.63) is 65.7 Å². The number of hydrogen-bond donors (Lipinski definition) is 2. The Hall–Kier alpha value is -2.71. The van der Waals surface area contributed by atoms with Gasteiger partial charge in [-0.25, -0.2) is 13.6 Å². The third-order valence-corrected chi connectivity index (χ3v) is 6.62. The van der Waals surface area contributed by atoms with Crippen molar-refractivity contribution in [2.75, 3.05) is 19.6 Å². The molecular formula is C23H29N3O4S.